The highest BCUT2D eigenvalue weighted by Gasteiger charge is 2.19. The lowest BCUT2D eigenvalue weighted by atomic mass is 10.1. The minimum absolute atomic E-state index is 0.200. The van der Waals surface area contributed by atoms with E-state index in [2.05, 4.69) is 10.3 Å². The molecule has 7 heteroatoms. The highest BCUT2D eigenvalue weighted by Crippen LogP contribution is 2.20. The number of carboxylic acids is 1. The Balaban J connectivity index is 1.95. The van der Waals surface area contributed by atoms with Gasteiger partial charge in [-0.1, -0.05) is 23.7 Å². The summed E-state index contributed by atoms with van der Waals surface area (Å²) in [6.07, 6.45) is 3.09. The summed E-state index contributed by atoms with van der Waals surface area (Å²) >= 11 is 5.91. The number of carboxylic acid groups (broad SMARTS) is 1. The lowest BCUT2D eigenvalue weighted by Gasteiger charge is -2.17. The van der Waals surface area contributed by atoms with E-state index < -0.39 is 17.9 Å². The number of aromatic nitrogens is 1. The zero-order valence-corrected chi connectivity index (χ0v) is 13.9. The third-order valence-corrected chi connectivity index (χ3v) is 3.78. The van der Waals surface area contributed by atoms with Crippen LogP contribution in [0.5, 0.6) is 0 Å². The van der Waals surface area contributed by atoms with Crippen molar-refractivity contribution < 1.29 is 20.0 Å². The van der Waals surface area contributed by atoms with Crippen LogP contribution in [0, 0.1) is 6.92 Å². The van der Waals surface area contributed by atoms with Gasteiger partial charge in [0.2, 0.25) is 5.91 Å². The predicted molar refractivity (Wildman–Crippen MR) is 88.1 cm³/mol. The Morgan fingerprint density at radius 2 is 2.17 bits per heavy atom. The minimum atomic E-state index is -1.28. The summed E-state index contributed by atoms with van der Waals surface area (Å²) in [4.78, 5) is 27.4. The molecule has 24 heavy (non-hydrogen) atoms. The molecule has 0 aliphatic rings. The monoisotopic (exact) mass is 347 g/mol. The summed E-state index contributed by atoms with van der Waals surface area (Å²) in [5.41, 5.74) is 2.28. The third-order valence-electron chi connectivity index (χ3n) is 3.54. The summed E-state index contributed by atoms with van der Waals surface area (Å²) in [6, 6.07) is 7.75. The molecule has 2 rings (SSSR count). The van der Waals surface area contributed by atoms with Crippen molar-refractivity contribution in [1.82, 2.24) is 4.98 Å². The van der Waals surface area contributed by atoms with Gasteiger partial charge >= 0.3 is 0 Å². The van der Waals surface area contributed by atoms with Crippen LogP contribution >= 0.6 is 11.6 Å². The summed E-state index contributed by atoms with van der Waals surface area (Å²) in [6.45, 7) is 2.23. The van der Waals surface area contributed by atoms with Gasteiger partial charge < -0.3 is 20.5 Å². The van der Waals surface area contributed by atoms with Crippen LogP contribution in [0.4, 0.5) is 5.69 Å². The van der Waals surface area contributed by atoms with Crippen molar-refractivity contribution in [2.24, 2.45) is 0 Å². The fraction of sp³-hybridized carbons (Fsp3) is 0.235. The Labute approximate surface area is 144 Å². The van der Waals surface area contributed by atoms with Gasteiger partial charge in [-0.3, -0.25) is 9.78 Å². The molecule has 0 saturated heterocycles. The predicted octanol–water partition coefficient (Wildman–Crippen LogP) is 0.254. The number of benzene rings is 1. The number of nitrogens with one attached hydrogen (secondary N) is 1. The van der Waals surface area contributed by atoms with E-state index in [1.54, 1.807) is 42.0 Å². The van der Waals surface area contributed by atoms with Gasteiger partial charge in [-0.2, -0.15) is 0 Å². The van der Waals surface area contributed by atoms with Gasteiger partial charge in [0.05, 0.1) is 12.4 Å². The Morgan fingerprint density at radius 3 is 2.83 bits per heavy atom. The molecule has 0 radical (unpaired) electrons. The number of carbonyl (C=O) groups is 2. The first-order valence-corrected chi connectivity index (χ1v) is 7.82. The number of amides is 1. The van der Waals surface area contributed by atoms with E-state index >= 15 is 0 Å². The van der Waals surface area contributed by atoms with E-state index in [1.165, 1.54) is 0 Å². The van der Waals surface area contributed by atoms with E-state index in [0.717, 1.165) is 11.1 Å². The molecule has 1 atom stereocenters. The average Bonchev–Trinajstić information content (AvgIpc) is 2.55. The van der Waals surface area contributed by atoms with Gasteiger partial charge in [0.15, 0.2) is 0 Å². The maximum atomic E-state index is 12.1. The number of aryl methyl sites for hydroxylation is 1. The van der Waals surface area contributed by atoms with Crippen LogP contribution in [-0.4, -0.2) is 22.9 Å². The van der Waals surface area contributed by atoms with Gasteiger partial charge in [-0.15, -0.1) is 0 Å². The van der Waals surface area contributed by atoms with Crippen LogP contribution in [0.3, 0.4) is 0 Å². The number of hydrogen-bond acceptors (Lipinski definition) is 4. The normalized spacial score (nSPS) is 11.8. The molecule has 6 nitrogen and oxygen atoms in total. The molecule has 0 aliphatic heterocycles. The second-order valence-electron chi connectivity index (χ2n) is 5.44. The van der Waals surface area contributed by atoms with Crippen LogP contribution in [0.2, 0.25) is 5.02 Å². The lowest BCUT2D eigenvalue weighted by molar-refractivity contribution is -0.697. The van der Waals surface area contributed by atoms with Crippen molar-refractivity contribution in [3.05, 3.63) is 58.9 Å². The lowest BCUT2D eigenvalue weighted by Crippen LogP contribution is -2.92. The highest BCUT2D eigenvalue weighted by molar-refractivity contribution is 6.31. The molecule has 1 heterocycles. The van der Waals surface area contributed by atoms with E-state index in [9.17, 15) is 14.7 Å². The number of anilines is 1. The quantitative estimate of drug-likeness (QED) is 0.750. The maximum absolute atomic E-state index is 12.1. The van der Waals surface area contributed by atoms with Gasteiger partial charge in [-0.05, 0) is 30.7 Å². The van der Waals surface area contributed by atoms with E-state index in [4.69, 9.17) is 11.6 Å². The standard InChI is InChI=1S/C17H18ClN3O3/c1-11-4-5-13(18)7-14(11)21-16(22)8-15(17(23)24)20-10-12-3-2-6-19-9-12/h2-7,9,15,20H,8,10H2,1H3,(H,21,22)(H,23,24)/t15-/m1/s1. The Bertz CT molecular complexity index is 722. The number of carbonyl (C=O) groups excluding carboxylic acids is 2. The molecule has 0 aliphatic carbocycles. The molecule has 0 spiro atoms. The second-order valence-corrected chi connectivity index (χ2v) is 5.87. The first-order chi connectivity index (χ1) is 11.5. The fourth-order valence-corrected chi connectivity index (χ4v) is 2.36. The van der Waals surface area contributed by atoms with Crippen molar-refractivity contribution in [3.63, 3.8) is 0 Å². The van der Waals surface area contributed by atoms with Gasteiger partial charge in [0, 0.05) is 28.7 Å². The smallest absolute Gasteiger partial charge is 0.230 e. The van der Waals surface area contributed by atoms with Crippen molar-refractivity contribution in [2.75, 3.05) is 5.32 Å². The number of nitrogens with two attached hydrogens (primary N) is 1. The number of quaternary nitrogens is 1. The van der Waals surface area contributed by atoms with Crippen LogP contribution in [0.25, 0.3) is 0 Å². The topological polar surface area (TPSA) is 98.7 Å². The van der Waals surface area contributed by atoms with Crippen molar-refractivity contribution in [1.29, 1.82) is 0 Å². The van der Waals surface area contributed by atoms with Crippen molar-refractivity contribution >= 4 is 29.2 Å². The SMILES string of the molecule is Cc1ccc(Cl)cc1NC(=O)C[C@@H]([NH2+]Cc1cccnc1)C(=O)[O-]. The summed E-state index contributed by atoms with van der Waals surface area (Å²) in [5, 5.41) is 16.0. The summed E-state index contributed by atoms with van der Waals surface area (Å²) < 4.78 is 0. The molecule has 0 bridgehead atoms. The van der Waals surface area contributed by atoms with Crippen LogP contribution in [-0.2, 0) is 16.1 Å². The summed E-state index contributed by atoms with van der Waals surface area (Å²) in [7, 11) is 0. The molecule has 1 aromatic heterocycles. The Morgan fingerprint density at radius 1 is 1.38 bits per heavy atom. The minimum Gasteiger partial charge on any atom is -0.544 e. The van der Waals surface area contributed by atoms with Crippen molar-refractivity contribution in [2.45, 2.75) is 25.9 Å². The molecule has 0 fully saturated rings. The fourth-order valence-electron chi connectivity index (χ4n) is 2.19. The van der Waals surface area contributed by atoms with Gasteiger partial charge in [0.25, 0.3) is 0 Å². The molecular weight excluding hydrogens is 330 g/mol. The first-order valence-electron chi connectivity index (χ1n) is 7.45. The molecule has 1 aromatic carbocycles. The molecule has 0 unspecified atom stereocenters. The van der Waals surface area contributed by atoms with Gasteiger partial charge in [-0.25, -0.2) is 0 Å². The Kier molecular flexibility index (Phi) is 6.28. The molecule has 1 amide bonds. The number of aliphatic carboxylic acids is 1. The zero-order chi connectivity index (χ0) is 17.5. The number of nitrogens with zero attached hydrogens (tertiary/aromatic N) is 1. The van der Waals surface area contributed by atoms with Crippen LogP contribution < -0.4 is 15.7 Å². The molecule has 126 valence electrons. The number of rotatable bonds is 7. The zero-order valence-electron chi connectivity index (χ0n) is 13.2. The Hall–Kier alpha value is -2.44. The molecule has 2 aromatic rings. The molecule has 0 saturated carbocycles. The van der Waals surface area contributed by atoms with Crippen LogP contribution in [0.15, 0.2) is 42.7 Å². The maximum Gasteiger partial charge on any atom is 0.230 e. The largest absolute Gasteiger partial charge is 0.544 e. The first kappa shape index (κ1) is 17.9. The number of halogens is 1. The molecular formula is C17H18ClN3O3. The van der Waals surface area contributed by atoms with Crippen molar-refractivity contribution in [3.8, 4) is 0 Å². The van der Waals surface area contributed by atoms with E-state index in [-0.39, 0.29) is 6.42 Å². The summed E-state index contributed by atoms with van der Waals surface area (Å²) in [5.74, 6) is -1.69. The number of pyridine rings is 1. The van der Waals surface area contributed by atoms with Crippen LogP contribution in [0.1, 0.15) is 17.5 Å². The average molecular weight is 348 g/mol. The third kappa shape index (κ3) is 5.33. The van der Waals surface area contributed by atoms with E-state index in [1.807, 2.05) is 13.0 Å². The van der Waals surface area contributed by atoms with E-state index in [0.29, 0.717) is 17.3 Å². The molecule has 3 N–H and O–H groups in total. The van der Waals surface area contributed by atoms with Gasteiger partial charge in [0.1, 0.15) is 12.6 Å². The number of hydrogen-bond donors (Lipinski definition) is 2. The highest BCUT2D eigenvalue weighted by atomic mass is 35.5. The second kappa shape index (κ2) is 8.42.